The molecule has 0 saturated carbocycles. The summed E-state index contributed by atoms with van der Waals surface area (Å²) in [6.45, 7) is 3.17. The number of carbonyl (C=O) groups excluding carboxylic acids is 2. The fraction of sp³-hybridized carbons (Fsp3) is 0.333. The lowest BCUT2D eigenvalue weighted by Crippen LogP contribution is -2.37. The van der Waals surface area contributed by atoms with E-state index < -0.39 is 0 Å². The first-order valence-corrected chi connectivity index (χ1v) is 8.83. The predicted octanol–water partition coefficient (Wildman–Crippen LogP) is 2.58. The van der Waals surface area contributed by atoms with E-state index in [0.717, 1.165) is 23.3 Å². The molecule has 0 bridgehead atoms. The van der Waals surface area contributed by atoms with Gasteiger partial charge in [0, 0.05) is 25.1 Å². The number of hydrogen-bond acceptors (Lipinski definition) is 3. The zero-order valence-electron chi connectivity index (χ0n) is 15.2. The average molecular weight is 352 g/mol. The van der Waals surface area contributed by atoms with Gasteiger partial charge in [0.1, 0.15) is 5.75 Å². The van der Waals surface area contributed by atoms with Gasteiger partial charge in [-0.3, -0.25) is 9.59 Å². The van der Waals surface area contributed by atoms with Crippen LogP contribution in [0.3, 0.4) is 0 Å². The largest absolute Gasteiger partial charge is 0.497 e. The van der Waals surface area contributed by atoms with Crippen molar-refractivity contribution in [1.29, 1.82) is 0 Å². The molecule has 0 spiro atoms. The molecular weight excluding hydrogens is 328 g/mol. The number of nitrogens with zero attached hydrogens (tertiary/aromatic N) is 1. The van der Waals surface area contributed by atoms with Crippen LogP contribution in [-0.4, -0.2) is 43.0 Å². The summed E-state index contributed by atoms with van der Waals surface area (Å²) >= 11 is 0. The van der Waals surface area contributed by atoms with Crippen molar-refractivity contribution in [3.8, 4) is 5.75 Å². The maximum atomic E-state index is 12.4. The fourth-order valence-corrected chi connectivity index (χ4v) is 3.20. The molecule has 1 fully saturated rings. The lowest BCUT2D eigenvalue weighted by Gasteiger charge is -2.17. The van der Waals surface area contributed by atoms with Gasteiger partial charge >= 0.3 is 0 Å². The highest BCUT2D eigenvalue weighted by Gasteiger charge is 2.30. The molecule has 1 heterocycles. The summed E-state index contributed by atoms with van der Waals surface area (Å²) in [5.41, 5.74) is 2.83. The molecule has 0 aliphatic carbocycles. The quantitative estimate of drug-likeness (QED) is 0.869. The van der Waals surface area contributed by atoms with Crippen molar-refractivity contribution < 1.29 is 14.3 Å². The van der Waals surface area contributed by atoms with Gasteiger partial charge in [-0.05, 0) is 43.2 Å². The van der Waals surface area contributed by atoms with Crippen LogP contribution < -0.4 is 10.1 Å². The Bertz CT molecular complexity index is 786. The number of aryl methyl sites for hydroxylation is 1. The Morgan fingerprint density at radius 2 is 2.00 bits per heavy atom. The summed E-state index contributed by atoms with van der Waals surface area (Å²) in [4.78, 5) is 26.4. The van der Waals surface area contributed by atoms with Crippen molar-refractivity contribution in [3.63, 3.8) is 0 Å². The van der Waals surface area contributed by atoms with E-state index in [-0.39, 0.29) is 17.9 Å². The van der Waals surface area contributed by atoms with Gasteiger partial charge in [-0.15, -0.1) is 0 Å². The fourth-order valence-electron chi connectivity index (χ4n) is 3.20. The maximum Gasteiger partial charge on any atom is 0.251 e. The zero-order valence-corrected chi connectivity index (χ0v) is 15.2. The second-order valence-electron chi connectivity index (χ2n) is 6.68. The van der Waals surface area contributed by atoms with Crippen LogP contribution in [0.15, 0.2) is 48.5 Å². The minimum Gasteiger partial charge on any atom is -0.497 e. The minimum absolute atomic E-state index is 0.0908. The minimum atomic E-state index is -0.133. The van der Waals surface area contributed by atoms with E-state index in [4.69, 9.17) is 4.74 Å². The Morgan fingerprint density at radius 3 is 2.69 bits per heavy atom. The van der Waals surface area contributed by atoms with Gasteiger partial charge in [-0.25, -0.2) is 0 Å². The van der Waals surface area contributed by atoms with E-state index in [9.17, 15) is 9.59 Å². The highest BCUT2D eigenvalue weighted by molar-refractivity contribution is 5.95. The van der Waals surface area contributed by atoms with Gasteiger partial charge < -0.3 is 15.0 Å². The summed E-state index contributed by atoms with van der Waals surface area (Å²) in [5.74, 6) is 0.793. The number of methoxy groups -OCH3 is 1. The number of ether oxygens (including phenoxy) is 1. The Hall–Kier alpha value is -2.82. The smallest absolute Gasteiger partial charge is 0.251 e. The van der Waals surface area contributed by atoms with Gasteiger partial charge in [0.15, 0.2) is 0 Å². The predicted molar refractivity (Wildman–Crippen MR) is 100 cm³/mol. The molecule has 0 aromatic heterocycles. The van der Waals surface area contributed by atoms with Crippen LogP contribution in [0.2, 0.25) is 0 Å². The SMILES string of the molecule is COc1ccc(CCN2C[C@H](NC(=O)c3cccc(C)c3)CC2=O)cc1. The molecule has 1 saturated heterocycles. The van der Waals surface area contributed by atoms with Crippen molar-refractivity contribution >= 4 is 11.8 Å². The van der Waals surface area contributed by atoms with E-state index in [1.54, 1.807) is 13.2 Å². The van der Waals surface area contributed by atoms with Gasteiger partial charge in [0.05, 0.1) is 13.2 Å². The second kappa shape index (κ2) is 8.04. The van der Waals surface area contributed by atoms with E-state index in [1.165, 1.54) is 0 Å². The van der Waals surface area contributed by atoms with Gasteiger partial charge in [0.25, 0.3) is 5.91 Å². The number of rotatable bonds is 6. The van der Waals surface area contributed by atoms with Crippen molar-refractivity contribution in [2.75, 3.05) is 20.2 Å². The molecule has 5 nitrogen and oxygen atoms in total. The Morgan fingerprint density at radius 1 is 1.23 bits per heavy atom. The third-order valence-electron chi connectivity index (χ3n) is 4.66. The molecular formula is C21H24N2O3. The molecule has 1 aliphatic rings. The zero-order chi connectivity index (χ0) is 18.5. The molecule has 136 valence electrons. The van der Waals surface area contributed by atoms with Crippen LogP contribution in [0.25, 0.3) is 0 Å². The average Bonchev–Trinajstić information content (AvgIpc) is 2.99. The Balaban J connectivity index is 1.52. The van der Waals surface area contributed by atoms with Crippen molar-refractivity contribution in [2.45, 2.75) is 25.8 Å². The van der Waals surface area contributed by atoms with Gasteiger partial charge in [0.2, 0.25) is 5.91 Å². The summed E-state index contributed by atoms with van der Waals surface area (Å²) in [7, 11) is 1.64. The summed E-state index contributed by atoms with van der Waals surface area (Å²) in [6.07, 6.45) is 1.15. The third kappa shape index (κ3) is 4.42. The molecule has 1 aliphatic heterocycles. The number of carbonyl (C=O) groups is 2. The number of benzene rings is 2. The lowest BCUT2D eigenvalue weighted by atomic mass is 10.1. The highest BCUT2D eigenvalue weighted by atomic mass is 16.5. The standard InChI is InChI=1S/C21H24N2O3/c1-15-4-3-5-17(12-15)21(25)22-18-13-20(24)23(14-18)11-10-16-6-8-19(26-2)9-7-16/h3-9,12,18H,10-11,13-14H2,1-2H3,(H,22,25)/t18-/m1/s1. The van der Waals surface area contributed by atoms with Crippen LogP contribution in [0.5, 0.6) is 5.75 Å². The highest BCUT2D eigenvalue weighted by Crippen LogP contribution is 2.15. The van der Waals surface area contributed by atoms with Crippen LogP contribution in [0.4, 0.5) is 0 Å². The topological polar surface area (TPSA) is 58.6 Å². The first-order chi connectivity index (χ1) is 12.5. The summed E-state index contributed by atoms with van der Waals surface area (Å²) in [5, 5.41) is 2.98. The number of amides is 2. The van der Waals surface area contributed by atoms with Crippen LogP contribution in [0, 0.1) is 6.92 Å². The molecule has 26 heavy (non-hydrogen) atoms. The molecule has 2 amide bonds. The molecule has 0 radical (unpaired) electrons. The van der Waals surface area contributed by atoms with Crippen LogP contribution >= 0.6 is 0 Å². The van der Waals surface area contributed by atoms with Crippen LogP contribution in [0.1, 0.15) is 27.9 Å². The second-order valence-corrected chi connectivity index (χ2v) is 6.68. The van der Waals surface area contributed by atoms with E-state index in [0.29, 0.717) is 25.1 Å². The van der Waals surface area contributed by atoms with Crippen molar-refractivity contribution in [2.24, 2.45) is 0 Å². The first-order valence-electron chi connectivity index (χ1n) is 8.83. The van der Waals surface area contributed by atoms with Gasteiger partial charge in [-0.2, -0.15) is 0 Å². The number of nitrogens with one attached hydrogen (secondary N) is 1. The Kier molecular flexibility index (Phi) is 5.56. The Labute approximate surface area is 154 Å². The van der Waals surface area contributed by atoms with E-state index >= 15 is 0 Å². The number of hydrogen-bond donors (Lipinski definition) is 1. The molecule has 1 N–H and O–H groups in total. The third-order valence-corrected chi connectivity index (χ3v) is 4.66. The van der Waals surface area contributed by atoms with Crippen LogP contribution in [-0.2, 0) is 11.2 Å². The summed E-state index contributed by atoms with van der Waals surface area (Å²) in [6, 6.07) is 15.2. The lowest BCUT2D eigenvalue weighted by molar-refractivity contribution is -0.127. The number of likely N-dealkylation sites (tertiary alicyclic amines) is 1. The molecule has 3 rings (SSSR count). The van der Waals surface area contributed by atoms with Gasteiger partial charge in [-0.1, -0.05) is 29.8 Å². The van der Waals surface area contributed by atoms with Crippen molar-refractivity contribution in [3.05, 3.63) is 65.2 Å². The van der Waals surface area contributed by atoms with Crippen molar-refractivity contribution in [1.82, 2.24) is 10.2 Å². The monoisotopic (exact) mass is 352 g/mol. The molecule has 2 aromatic rings. The molecule has 5 heteroatoms. The van der Waals surface area contributed by atoms with E-state index in [1.807, 2.05) is 54.3 Å². The molecule has 0 unspecified atom stereocenters. The summed E-state index contributed by atoms with van der Waals surface area (Å²) < 4.78 is 5.15. The molecule has 2 aromatic carbocycles. The first kappa shape index (κ1) is 18.0. The van der Waals surface area contributed by atoms with E-state index in [2.05, 4.69) is 5.32 Å². The molecule has 1 atom stereocenters. The normalized spacial score (nSPS) is 16.6. The maximum absolute atomic E-state index is 12.4.